The molecule has 0 unspecified atom stereocenters. The number of imide groups is 1. The molecule has 1 saturated heterocycles. The molecular weight excluding hydrogens is 378 g/mol. The minimum absolute atomic E-state index is 0.288. The second kappa shape index (κ2) is 7.73. The van der Waals surface area contributed by atoms with E-state index in [1.807, 2.05) is 12.1 Å². The Labute approximate surface area is 167 Å². The highest BCUT2D eigenvalue weighted by Crippen LogP contribution is 2.31. The van der Waals surface area contributed by atoms with E-state index in [1.165, 1.54) is 6.92 Å². The predicted octanol–water partition coefficient (Wildman–Crippen LogP) is 4.13. The Kier molecular flexibility index (Phi) is 5.50. The Morgan fingerprint density at radius 3 is 2.41 bits per heavy atom. The first-order valence-electron chi connectivity index (χ1n) is 9.40. The number of benzene rings is 2. The van der Waals surface area contributed by atoms with Crippen molar-refractivity contribution in [1.82, 2.24) is 10.2 Å². The number of rotatable bonds is 6. The molecule has 0 aromatic heterocycles. The van der Waals surface area contributed by atoms with Crippen LogP contribution < -0.4 is 5.32 Å². The lowest BCUT2D eigenvalue weighted by Gasteiger charge is -2.22. The number of halogens is 2. The molecule has 3 rings (SSSR count). The zero-order valence-electron chi connectivity index (χ0n) is 16.5. The van der Waals surface area contributed by atoms with E-state index in [9.17, 15) is 23.2 Å². The van der Waals surface area contributed by atoms with Gasteiger partial charge in [0.15, 0.2) is 5.78 Å². The largest absolute Gasteiger partial charge is 0.325 e. The van der Waals surface area contributed by atoms with Crippen LogP contribution >= 0.6 is 0 Å². The van der Waals surface area contributed by atoms with Crippen molar-refractivity contribution in [3.05, 3.63) is 70.8 Å². The van der Waals surface area contributed by atoms with Crippen LogP contribution in [-0.2, 0) is 10.3 Å². The van der Waals surface area contributed by atoms with Crippen LogP contribution in [0.1, 0.15) is 54.6 Å². The SMILES string of the molecule is CC[C@H](C)c1ccc(C(=O)CN2C(=O)N[C@@](C)(c3cc(F)ccc3F)C2=O)cc1. The smallest absolute Gasteiger partial charge is 0.319 e. The van der Waals surface area contributed by atoms with Gasteiger partial charge in [0, 0.05) is 11.1 Å². The van der Waals surface area contributed by atoms with E-state index in [4.69, 9.17) is 0 Å². The second-order valence-electron chi connectivity index (χ2n) is 7.43. The van der Waals surface area contributed by atoms with Gasteiger partial charge in [0.2, 0.25) is 0 Å². The molecule has 1 fully saturated rings. The molecule has 0 spiro atoms. The minimum Gasteiger partial charge on any atom is -0.319 e. The normalized spacial score (nSPS) is 20.0. The van der Waals surface area contributed by atoms with Gasteiger partial charge in [0.1, 0.15) is 17.2 Å². The summed E-state index contributed by atoms with van der Waals surface area (Å²) in [5.74, 6) is -2.44. The van der Waals surface area contributed by atoms with Crippen molar-refractivity contribution in [2.24, 2.45) is 0 Å². The summed E-state index contributed by atoms with van der Waals surface area (Å²) in [6, 6.07) is 8.87. The molecular formula is C22H22F2N2O3. The molecule has 29 heavy (non-hydrogen) atoms. The minimum atomic E-state index is -1.79. The van der Waals surface area contributed by atoms with Crippen molar-refractivity contribution in [1.29, 1.82) is 0 Å². The van der Waals surface area contributed by atoms with Gasteiger partial charge in [0.25, 0.3) is 5.91 Å². The number of ketones is 1. The fourth-order valence-electron chi connectivity index (χ4n) is 3.37. The van der Waals surface area contributed by atoms with Crippen LogP contribution in [-0.4, -0.2) is 29.2 Å². The number of Topliss-reactive ketones (excluding diaryl/α,β-unsaturated/α-hetero) is 1. The first kappa shape index (κ1) is 20.6. The fraction of sp³-hybridized carbons (Fsp3) is 0.318. The van der Waals surface area contributed by atoms with E-state index in [1.54, 1.807) is 12.1 Å². The molecule has 2 aromatic rings. The van der Waals surface area contributed by atoms with E-state index in [0.717, 1.165) is 35.1 Å². The molecule has 1 heterocycles. The number of nitrogens with zero attached hydrogens (tertiary/aromatic N) is 1. The van der Waals surface area contributed by atoms with Crippen molar-refractivity contribution in [2.45, 2.75) is 38.6 Å². The molecule has 3 amide bonds. The third-order valence-corrected chi connectivity index (χ3v) is 5.46. The maximum absolute atomic E-state index is 14.2. The summed E-state index contributed by atoms with van der Waals surface area (Å²) in [4.78, 5) is 38.5. The molecule has 0 bridgehead atoms. The summed E-state index contributed by atoms with van der Waals surface area (Å²) in [5, 5.41) is 2.38. The van der Waals surface area contributed by atoms with Crippen molar-refractivity contribution in [3.8, 4) is 0 Å². The van der Waals surface area contributed by atoms with Gasteiger partial charge in [-0.1, -0.05) is 38.1 Å². The summed E-state index contributed by atoms with van der Waals surface area (Å²) in [5.41, 5.74) is -0.621. The van der Waals surface area contributed by atoms with Crippen LogP contribution in [0, 0.1) is 11.6 Å². The van der Waals surface area contributed by atoms with Crippen LogP contribution in [0.2, 0.25) is 0 Å². The van der Waals surface area contributed by atoms with Gasteiger partial charge in [-0.2, -0.15) is 0 Å². The molecule has 5 nitrogen and oxygen atoms in total. The second-order valence-corrected chi connectivity index (χ2v) is 7.43. The molecule has 1 aliphatic rings. The topological polar surface area (TPSA) is 66.5 Å². The van der Waals surface area contributed by atoms with Gasteiger partial charge in [-0.15, -0.1) is 0 Å². The van der Waals surface area contributed by atoms with Crippen molar-refractivity contribution in [2.75, 3.05) is 6.54 Å². The molecule has 152 valence electrons. The van der Waals surface area contributed by atoms with Gasteiger partial charge in [-0.25, -0.2) is 13.6 Å². The van der Waals surface area contributed by atoms with E-state index in [2.05, 4.69) is 19.2 Å². The van der Waals surface area contributed by atoms with Gasteiger partial charge in [0.05, 0.1) is 6.54 Å². The molecule has 2 aromatic carbocycles. The summed E-state index contributed by atoms with van der Waals surface area (Å²) >= 11 is 0. The van der Waals surface area contributed by atoms with Gasteiger partial charge >= 0.3 is 6.03 Å². The highest BCUT2D eigenvalue weighted by molar-refractivity contribution is 6.11. The first-order valence-corrected chi connectivity index (χ1v) is 9.40. The highest BCUT2D eigenvalue weighted by Gasteiger charge is 2.50. The van der Waals surface area contributed by atoms with Gasteiger partial charge in [-0.05, 0) is 43.0 Å². The lowest BCUT2D eigenvalue weighted by atomic mass is 9.91. The van der Waals surface area contributed by atoms with Crippen LogP contribution in [0.25, 0.3) is 0 Å². The summed E-state index contributed by atoms with van der Waals surface area (Å²) in [6.07, 6.45) is 0.963. The fourth-order valence-corrected chi connectivity index (χ4v) is 3.37. The molecule has 0 aliphatic carbocycles. The van der Waals surface area contributed by atoms with Crippen molar-refractivity contribution < 1.29 is 23.2 Å². The lowest BCUT2D eigenvalue weighted by Crippen LogP contribution is -2.42. The van der Waals surface area contributed by atoms with Crippen LogP contribution in [0.4, 0.5) is 13.6 Å². The van der Waals surface area contributed by atoms with Crippen LogP contribution in [0.3, 0.4) is 0 Å². The number of hydrogen-bond acceptors (Lipinski definition) is 3. The predicted molar refractivity (Wildman–Crippen MR) is 103 cm³/mol. The summed E-state index contributed by atoms with van der Waals surface area (Å²) in [6.45, 7) is 4.95. The number of amides is 3. The number of nitrogens with one attached hydrogen (secondary N) is 1. The Morgan fingerprint density at radius 2 is 1.79 bits per heavy atom. The molecule has 7 heteroatoms. The summed E-state index contributed by atoms with van der Waals surface area (Å²) < 4.78 is 27.8. The maximum Gasteiger partial charge on any atom is 0.325 e. The Hall–Kier alpha value is -3.09. The quantitative estimate of drug-likeness (QED) is 0.586. The van der Waals surface area contributed by atoms with Crippen molar-refractivity contribution in [3.63, 3.8) is 0 Å². The van der Waals surface area contributed by atoms with Crippen molar-refractivity contribution >= 4 is 17.7 Å². The molecule has 0 radical (unpaired) electrons. The Balaban J connectivity index is 1.81. The zero-order chi connectivity index (χ0) is 21.3. The van der Waals surface area contributed by atoms with Crippen LogP contribution in [0.5, 0.6) is 0 Å². The Morgan fingerprint density at radius 1 is 1.14 bits per heavy atom. The third kappa shape index (κ3) is 3.77. The van der Waals surface area contributed by atoms with E-state index in [-0.39, 0.29) is 5.56 Å². The number of carbonyl (C=O) groups excluding carboxylic acids is 3. The molecule has 0 saturated carbocycles. The third-order valence-electron chi connectivity index (χ3n) is 5.46. The van der Waals surface area contributed by atoms with Gasteiger partial charge < -0.3 is 5.32 Å². The van der Waals surface area contributed by atoms with E-state index in [0.29, 0.717) is 11.5 Å². The van der Waals surface area contributed by atoms with Crippen LogP contribution in [0.15, 0.2) is 42.5 Å². The first-order chi connectivity index (χ1) is 13.7. The average molecular weight is 400 g/mol. The Bertz CT molecular complexity index is 975. The number of carbonyl (C=O) groups is 3. The maximum atomic E-state index is 14.2. The zero-order valence-corrected chi connectivity index (χ0v) is 16.5. The highest BCUT2D eigenvalue weighted by atomic mass is 19.1. The summed E-state index contributed by atoms with van der Waals surface area (Å²) in [7, 11) is 0. The van der Waals surface area contributed by atoms with E-state index >= 15 is 0 Å². The molecule has 1 N–H and O–H groups in total. The monoisotopic (exact) mass is 400 g/mol. The molecule has 1 aliphatic heterocycles. The number of urea groups is 1. The molecule has 2 atom stereocenters. The van der Waals surface area contributed by atoms with E-state index < -0.39 is 41.4 Å². The number of hydrogen-bond donors (Lipinski definition) is 1. The van der Waals surface area contributed by atoms with Gasteiger partial charge in [-0.3, -0.25) is 14.5 Å². The average Bonchev–Trinajstić information content (AvgIpc) is 2.93. The lowest BCUT2D eigenvalue weighted by molar-refractivity contribution is -0.130. The standard InChI is InChI=1S/C22H22F2N2O3/c1-4-13(2)14-5-7-15(8-6-14)19(27)12-26-20(28)22(3,25-21(26)29)17-11-16(23)9-10-18(17)24/h5-11,13H,4,12H2,1-3H3,(H,25,29)/t13-,22-/m0/s1.